The lowest BCUT2D eigenvalue weighted by Crippen LogP contribution is -2.32. The van der Waals surface area contributed by atoms with Crippen LogP contribution in [-0.4, -0.2) is 67.5 Å². The number of methoxy groups -OCH3 is 2. The quantitative estimate of drug-likeness (QED) is 0.242. The Morgan fingerprint density at radius 2 is 1.59 bits per heavy atom. The van der Waals surface area contributed by atoms with Gasteiger partial charge in [-0.25, -0.2) is 4.99 Å². The van der Waals surface area contributed by atoms with Gasteiger partial charge in [0, 0.05) is 42.7 Å². The first kappa shape index (κ1) is 27.7. The Bertz CT molecular complexity index is 1440. The van der Waals surface area contributed by atoms with Crippen LogP contribution in [0, 0.1) is 0 Å². The number of aromatic nitrogens is 1. The van der Waals surface area contributed by atoms with Crippen LogP contribution in [0.1, 0.15) is 31.4 Å². The fraction of sp³-hybridized carbons (Fsp3) is 0.290. The molecule has 39 heavy (non-hydrogen) atoms. The Morgan fingerprint density at radius 3 is 2.21 bits per heavy atom. The maximum Gasteiger partial charge on any atom is 0.228 e. The van der Waals surface area contributed by atoms with Crippen LogP contribution in [0.4, 0.5) is 11.4 Å². The minimum Gasteiger partial charge on any atom is -0.494 e. The maximum atomic E-state index is 12.8. The topological polar surface area (TPSA) is 90.4 Å². The number of anilines is 1. The summed E-state index contributed by atoms with van der Waals surface area (Å²) in [5.41, 5.74) is 4.19. The van der Waals surface area contributed by atoms with E-state index in [0.29, 0.717) is 40.4 Å². The molecule has 204 valence electrons. The number of H-pyrrole nitrogens is 1. The van der Waals surface area contributed by atoms with Crippen LogP contribution in [0.2, 0.25) is 0 Å². The number of nitrogens with one attached hydrogen (secondary N) is 1. The van der Waals surface area contributed by atoms with Gasteiger partial charge in [-0.3, -0.25) is 4.79 Å². The highest BCUT2D eigenvalue weighted by Gasteiger charge is 2.21. The molecule has 8 heteroatoms. The van der Waals surface area contributed by atoms with Crippen molar-refractivity contribution in [1.29, 1.82) is 0 Å². The molecule has 0 atom stereocenters. The summed E-state index contributed by atoms with van der Waals surface area (Å²) < 4.78 is 10.9. The first-order valence-electron chi connectivity index (χ1n) is 13.1. The van der Waals surface area contributed by atoms with Crippen molar-refractivity contribution in [3.05, 3.63) is 77.9 Å². The number of aromatic hydroxyl groups is 1. The predicted molar refractivity (Wildman–Crippen MR) is 157 cm³/mol. The normalized spacial score (nSPS) is 11.7. The lowest BCUT2D eigenvalue weighted by atomic mass is 10.0. The number of hydrogen-bond donors (Lipinski definition) is 2. The summed E-state index contributed by atoms with van der Waals surface area (Å²) in [5.74, 6) is 1.17. The number of benzene rings is 3. The summed E-state index contributed by atoms with van der Waals surface area (Å²) in [6.07, 6.45) is 0.463. The van der Waals surface area contributed by atoms with Gasteiger partial charge in [0.2, 0.25) is 5.91 Å². The zero-order chi connectivity index (χ0) is 27.9. The smallest absolute Gasteiger partial charge is 0.228 e. The standard InChI is InChI=1S/C31H36N4O4/c1-6-35(7-2)18-17-28(36)34(3)23-15-13-22(14-16-23)32-30(21-11-9-8-10-12-21)29-24-19-26(38-4)27(39-5)20-25(24)33-31(29)37/h8-16,19-20,33,37H,6-7,17-18H2,1-5H3. The number of amides is 1. The summed E-state index contributed by atoms with van der Waals surface area (Å²) >= 11 is 0. The summed E-state index contributed by atoms with van der Waals surface area (Å²) in [7, 11) is 4.95. The monoisotopic (exact) mass is 528 g/mol. The number of hydrogen-bond acceptors (Lipinski definition) is 6. The predicted octanol–water partition coefficient (Wildman–Crippen LogP) is 5.75. The second-order valence-electron chi connectivity index (χ2n) is 9.17. The molecule has 4 aromatic rings. The first-order valence-corrected chi connectivity index (χ1v) is 13.1. The molecule has 1 amide bonds. The van der Waals surface area contributed by atoms with Crippen molar-refractivity contribution in [3.63, 3.8) is 0 Å². The lowest BCUT2D eigenvalue weighted by Gasteiger charge is -2.21. The van der Waals surface area contributed by atoms with Crippen molar-refractivity contribution in [1.82, 2.24) is 9.88 Å². The first-order chi connectivity index (χ1) is 18.9. The zero-order valence-corrected chi connectivity index (χ0v) is 23.2. The van der Waals surface area contributed by atoms with E-state index in [0.717, 1.165) is 36.3 Å². The molecule has 0 radical (unpaired) electrons. The van der Waals surface area contributed by atoms with Crippen molar-refractivity contribution in [3.8, 4) is 17.4 Å². The second-order valence-corrected chi connectivity index (χ2v) is 9.17. The van der Waals surface area contributed by atoms with Crippen LogP contribution in [0.3, 0.4) is 0 Å². The van der Waals surface area contributed by atoms with Crippen LogP contribution in [0.15, 0.2) is 71.7 Å². The molecule has 1 aromatic heterocycles. The largest absolute Gasteiger partial charge is 0.494 e. The molecule has 2 N–H and O–H groups in total. The van der Waals surface area contributed by atoms with Crippen LogP contribution in [0.25, 0.3) is 10.9 Å². The Balaban J connectivity index is 1.71. The minimum atomic E-state index is -0.00179. The van der Waals surface area contributed by atoms with Crippen molar-refractivity contribution in [2.24, 2.45) is 4.99 Å². The number of rotatable bonds is 11. The molecule has 0 saturated carbocycles. The molecule has 0 aliphatic rings. The van der Waals surface area contributed by atoms with Crippen LogP contribution in [-0.2, 0) is 4.79 Å². The second kappa shape index (κ2) is 12.5. The van der Waals surface area contributed by atoms with Crippen LogP contribution in [0.5, 0.6) is 17.4 Å². The molecule has 3 aromatic carbocycles. The highest BCUT2D eigenvalue weighted by atomic mass is 16.5. The van der Waals surface area contributed by atoms with Crippen LogP contribution >= 0.6 is 0 Å². The lowest BCUT2D eigenvalue weighted by molar-refractivity contribution is -0.118. The molecule has 0 aliphatic carbocycles. The van der Waals surface area contributed by atoms with Crippen molar-refractivity contribution in [2.75, 3.05) is 45.8 Å². The van der Waals surface area contributed by atoms with Gasteiger partial charge in [-0.15, -0.1) is 0 Å². The summed E-state index contributed by atoms with van der Waals surface area (Å²) in [6.45, 7) is 6.80. The number of nitrogens with zero attached hydrogens (tertiary/aromatic N) is 3. The third-order valence-electron chi connectivity index (χ3n) is 6.96. The number of fused-ring (bicyclic) bond motifs is 1. The van der Waals surface area contributed by atoms with Crippen LogP contribution < -0.4 is 14.4 Å². The van der Waals surface area contributed by atoms with E-state index in [4.69, 9.17) is 14.5 Å². The van der Waals surface area contributed by atoms with Gasteiger partial charge in [0.05, 0.1) is 36.7 Å². The molecule has 0 bridgehead atoms. The van der Waals surface area contributed by atoms with E-state index in [-0.39, 0.29) is 11.8 Å². The Morgan fingerprint density at radius 1 is 0.949 bits per heavy atom. The molecular weight excluding hydrogens is 492 g/mol. The van der Waals surface area contributed by atoms with E-state index >= 15 is 0 Å². The number of ether oxygens (including phenoxy) is 2. The molecule has 4 rings (SSSR count). The Hall–Kier alpha value is -4.30. The maximum absolute atomic E-state index is 12.8. The summed E-state index contributed by atoms with van der Waals surface area (Å²) in [6, 6.07) is 20.9. The van der Waals surface area contributed by atoms with Gasteiger partial charge < -0.3 is 29.4 Å². The van der Waals surface area contributed by atoms with Crippen molar-refractivity contribution < 1.29 is 19.4 Å². The molecule has 0 fully saturated rings. The Labute approximate surface area is 229 Å². The fourth-order valence-corrected chi connectivity index (χ4v) is 4.59. The molecule has 0 aliphatic heterocycles. The molecule has 1 heterocycles. The molecule has 8 nitrogen and oxygen atoms in total. The number of aromatic amines is 1. The number of aliphatic imine (C=N–C) groups is 1. The van der Waals surface area contributed by atoms with Gasteiger partial charge >= 0.3 is 0 Å². The molecule has 0 unspecified atom stereocenters. The molecular formula is C31H36N4O4. The van der Waals surface area contributed by atoms with E-state index in [1.54, 1.807) is 32.2 Å². The number of carbonyl (C=O) groups excluding carboxylic acids is 1. The average Bonchev–Trinajstić information content (AvgIpc) is 3.29. The van der Waals surface area contributed by atoms with Crippen molar-refractivity contribution in [2.45, 2.75) is 20.3 Å². The average molecular weight is 529 g/mol. The minimum absolute atomic E-state index is 0.00179. The van der Waals surface area contributed by atoms with E-state index in [9.17, 15) is 9.90 Å². The van der Waals surface area contributed by atoms with E-state index in [1.807, 2.05) is 60.7 Å². The zero-order valence-electron chi connectivity index (χ0n) is 23.2. The van der Waals surface area contributed by atoms with Gasteiger partial charge in [-0.05, 0) is 43.4 Å². The third kappa shape index (κ3) is 6.07. The van der Waals surface area contributed by atoms with Gasteiger partial charge in [0.1, 0.15) is 0 Å². The molecule has 0 saturated heterocycles. The SMILES string of the molecule is CCN(CC)CCC(=O)N(C)c1ccc(N=C(c2ccccc2)c2c(O)[nH]c3cc(OC)c(OC)cc23)cc1. The van der Waals surface area contributed by atoms with E-state index in [1.165, 1.54) is 0 Å². The van der Waals surface area contributed by atoms with Crippen molar-refractivity contribution >= 4 is 33.9 Å². The van der Waals surface area contributed by atoms with Gasteiger partial charge in [0.25, 0.3) is 0 Å². The van der Waals surface area contributed by atoms with E-state index in [2.05, 4.69) is 23.7 Å². The number of carbonyl (C=O) groups is 1. The van der Waals surface area contributed by atoms with Gasteiger partial charge in [0.15, 0.2) is 17.4 Å². The molecule has 0 spiro atoms. The summed E-state index contributed by atoms with van der Waals surface area (Å²) in [5, 5.41) is 11.8. The summed E-state index contributed by atoms with van der Waals surface area (Å²) in [4.78, 5) is 24.7. The third-order valence-corrected chi connectivity index (χ3v) is 6.96. The van der Waals surface area contributed by atoms with Gasteiger partial charge in [-0.2, -0.15) is 0 Å². The highest BCUT2D eigenvalue weighted by Crippen LogP contribution is 2.38. The van der Waals surface area contributed by atoms with Gasteiger partial charge in [-0.1, -0.05) is 44.2 Å². The Kier molecular flexibility index (Phi) is 8.88. The van der Waals surface area contributed by atoms with E-state index < -0.39 is 0 Å². The highest BCUT2D eigenvalue weighted by molar-refractivity contribution is 6.22. The fourth-order valence-electron chi connectivity index (χ4n) is 4.59.